The molecule has 2 heteroatoms. The molecule has 0 fully saturated rings. The van der Waals surface area contributed by atoms with Gasteiger partial charge in [0, 0.05) is 33.5 Å². The van der Waals surface area contributed by atoms with Crippen LogP contribution < -0.4 is 4.90 Å². The van der Waals surface area contributed by atoms with Gasteiger partial charge in [0.05, 0.1) is 11.0 Å². The second-order valence-electron chi connectivity index (χ2n) is 13.4. The second-order valence-corrected chi connectivity index (χ2v) is 13.4. The maximum absolute atomic E-state index is 2.42. The van der Waals surface area contributed by atoms with Crippen LogP contribution >= 0.6 is 0 Å². The number of aromatic nitrogens is 1. The molecule has 0 radical (unpaired) electrons. The van der Waals surface area contributed by atoms with E-state index >= 15 is 0 Å². The predicted octanol–water partition coefficient (Wildman–Crippen LogP) is 13.9. The van der Waals surface area contributed by atoms with Gasteiger partial charge in [-0.2, -0.15) is 0 Å². The summed E-state index contributed by atoms with van der Waals surface area (Å²) in [5.41, 5.74) is 11.7. The zero-order valence-corrected chi connectivity index (χ0v) is 28.5. The van der Waals surface area contributed by atoms with E-state index in [-0.39, 0.29) is 0 Å². The zero-order chi connectivity index (χ0) is 34.4. The van der Waals surface area contributed by atoms with Gasteiger partial charge in [0.15, 0.2) is 0 Å². The highest BCUT2D eigenvalue weighted by atomic mass is 15.1. The molecule has 0 aliphatic carbocycles. The van der Waals surface area contributed by atoms with Gasteiger partial charge in [-0.15, -0.1) is 0 Å². The minimum absolute atomic E-state index is 1.11. The number of rotatable bonds is 6. The Labute approximate surface area is 303 Å². The van der Waals surface area contributed by atoms with Gasteiger partial charge in [-0.25, -0.2) is 0 Å². The summed E-state index contributed by atoms with van der Waals surface area (Å²) in [5, 5.41) is 7.49. The molecule has 1 heterocycles. The Morgan fingerprint density at radius 1 is 0.327 bits per heavy atom. The fourth-order valence-electron chi connectivity index (χ4n) is 7.93. The molecule has 1 aromatic heterocycles. The quantitative estimate of drug-likeness (QED) is 0.172. The summed E-state index contributed by atoms with van der Waals surface area (Å²) in [5.74, 6) is 0. The molecule has 10 rings (SSSR count). The van der Waals surface area contributed by atoms with Crippen molar-refractivity contribution in [2.75, 3.05) is 4.90 Å². The number of fused-ring (bicyclic) bond motifs is 6. The number of benzene rings is 9. The number of para-hydroxylation sites is 1. The van der Waals surface area contributed by atoms with Crippen LogP contribution in [-0.4, -0.2) is 4.57 Å². The molecule has 52 heavy (non-hydrogen) atoms. The molecule has 0 amide bonds. The van der Waals surface area contributed by atoms with Crippen LogP contribution in [0.25, 0.3) is 71.3 Å². The Balaban J connectivity index is 1.19. The van der Waals surface area contributed by atoms with Crippen LogP contribution in [-0.2, 0) is 0 Å². The summed E-state index contributed by atoms with van der Waals surface area (Å²) < 4.78 is 2.42. The third-order valence-corrected chi connectivity index (χ3v) is 10.3. The Bertz CT molecular complexity index is 2890. The largest absolute Gasteiger partial charge is 0.310 e. The molecule has 0 saturated heterocycles. The lowest BCUT2D eigenvalue weighted by molar-refractivity contribution is 1.18. The SMILES string of the molecule is c1ccc(-c2ccc(N(c3cccc(-c4cccc5c4c4c6ccccc6ccc4n5-c4ccccc4)c3)c3ccc4ccccc4c3)cc2)cc1. The van der Waals surface area contributed by atoms with Crippen molar-refractivity contribution in [1.82, 2.24) is 4.57 Å². The van der Waals surface area contributed by atoms with Crippen LogP contribution in [0.4, 0.5) is 17.1 Å². The van der Waals surface area contributed by atoms with Crippen molar-refractivity contribution in [3.63, 3.8) is 0 Å². The van der Waals surface area contributed by atoms with E-state index in [4.69, 9.17) is 0 Å². The van der Waals surface area contributed by atoms with Crippen molar-refractivity contribution >= 4 is 60.4 Å². The Morgan fingerprint density at radius 3 is 1.75 bits per heavy atom. The normalized spacial score (nSPS) is 11.5. The molecular weight excluding hydrogens is 629 g/mol. The van der Waals surface area contributed by atoms with Crippen molar-refractivity contribution in [2.45, 2.75) is 0 Å². The lowest BCUT2D eigenvalue weighted by atomic mass is 9.96. The molecule has 0 N–H and O–H groups in total. The van der Waals surface area contributed by atoms with E-state index < -0.39 is 0 Å². The van der Waals surface area contributed by atoms with E-state index in [1.165, 1.54) is 65.6 Å². The predicted molar refractivity (Wildman–Crippen MR) is 221 cm³/mol. The monoisotopic (exact) mass is 662 g/mol. The van der Waals surface area contributed by atoms with E-state index in [1.807, 2.05) is 0 Å². The van der Waals surface area contributed by atoms with Crippen LogP contribution in [0, 0.1) is 0 Å². The van der Waals surface area contributed by atoms with E-state index in [0.717, 1.165) is 22.7 Å². The minimum Gasteiger partial charge on any atom is -0.310 e. The van der Waals surface area contributed by atoms with Gasteiger partial charge in [0.2, 0.25) is 0 Å². The highest BCUT2D eigenvalue weighted by molar-refractivity contribution is 6.25. The van der Waals surface area contributed by atoms with Crippen LogP contribution in [0.15, 0.2) is 206 Å². The molecule has 0 spiro atoms. The first-order valence-electron chi connectivity index (χ1n) is 17.9. The Hall–Kier alpha value is -6.90. The van der Waals surface area contributed by atoms with Crippen LogP contribution in [0.5, 0.6) is 0 Å². The number of anilines is 3. The molecule has 0 bridgehead atoms. The van der Waals surface area contributed by atoms with E-state index in [9.17, 15) is 0 Å². The number of hydrogen-bond donors (Lipinski definition) is 0. The van der Waals surface area contributed by atoms with Crippen LogP contribution in [0.3, 0.4) is 0 Å². The first-order valence-corrected chi connectivity index (χ1v) is 17.9. The smallest absolute Gasteiger partial charge is 0.0547 e. The van der Waals surface area contributed by atoms with Gasteiger partial charge in [-0.05, 0) is 104 Å². The summed E-state index contributed by atoms with van der Waals surface area (Å²) in [6.07, 6.45) is 0. The number of nitrogens with zero attached hydrogens (tertiary/aromatic N) is 2. The first kappa shape index (κ1) is 30.0. The van der Waals surface area contributed by atoms with Crippen LogP contribution in [0.2, 0.25) is 0 Å². The average Bonchev–Trinajstić information content (AvgIpc) is 3.57. The standard InChI is InChI=1S/C50H34N2/c1-3-13-35(14-4-1)37-25-29-42(30-26-37)51(44-31-27-36-15-7-8-17-39(36)33-44)43-21-11-18-40(34-43)46-23-12-24-47-50(46)49-45-22-10-9-16-38(45)28-32-48(49)52(47)41-19-5-2-6-20-41/h1-34H. The van der Waals surface area contributed by atoms with E-state index in [0.29, 0.717) is 0 Å². The third-order valence-electron chi connectivity index (χ3n) is 10.3. The van der Waals surface area contributed by atoms with E-state index in [2.05, 4.69) is 216 Å². The molecular formula is C50H34N2. The maximum atomic E-state index is 2.42. The fraction of sp³-hybridized carbons (Fsp3) is 0. The first-order chi connectivity index (χ1) is 25.8. The third kappa shape index (κ3) is 5.04. The van der Waals surface area contributed by atoms with Crippen molar-refractivity contribution in [1.29, 1.82) is 0 Å². The highest BCUT2D eigenvalue weighted by Crippen LogP contribution is 2.44. The molecule has 9 aromatic carbocycles. The van der Waals surface area contributed by atoms with Crippen molar-refractivity contribution in [2.24, 2.45) is 0 Å². The summed E-state index contributed by atoms with van der Waals surface area (Å²) >= 11 is 0. The molecule has 0 aliphatic heterocycles. The molecule has 244 valence electrons. The molecule has 0 atom stereocenters. The second kappa shape index (κ2) is 12.5. The summed E-state index contributed by atoms with van der Waals surface area (Å²) in [4.78, 5) is 2.38. The molecule has 0 aliphatic rings. The van der Waals surface area contributed by atoms with E-state index in [1.54, 1.807) is 0 Å². The minimum atomic E-state index is 1.11. The summed E-state index contributed by atoms with van der Waals surface area (Å²) in [7, 11) is 0. The summed E-state index contributed by atoms with van der Waals surface area (Å²) in [6.45, 7) is 0. The lowest BCUT2D eigenvalue weighted by Crippen LogP contribution is -2.10. The van der Waals surface area contributed by atoms with Crippen molar-refractivity contribution < 1.29 is 0 Å². The number of hydrogen-bond acceptors (Lipinski definition) is 1. The van der Waals surface area contributed by atoms with Crippen molar-refractivity contribution in [3.05, 3.63) is 206 Å². The Kier molecular flexibility index (Phi) is 7.18. The van der Waals surface area contributed by atoms with Gasteiger partial charge in [0.1, 0.15) is 0 Å². The molecule has 2 nitrogen and oxygen atoms in total. The highest BCUT2D eigenvalue weighted by Gasteiger charge is 2.20. The average molecular weight is 663 g/mol. The van der Waals surface area contributed by atoms with Gasteiger partial charge in [-0.3, -0.25) is 0 Å². The molecule has 10 aromatic rings. The van der Waals surface area contributed by atoms with Gasteiger partial charge >= 0.3 is 0 Å². The summed E-state index contributed by atoms with van der Waals surface area (Å²) in [6, 6.07) is 74.7. The zero-order valence-electron chi connectivity index (χ0n) is 28.5. The van der Waals surface area contributed by atoms with Gasteiger partial charge < -0.3 is 9.47 Å². The maximum Gasteiger partial charge on any atom is 0.0547 e. The lowest BCUT2D eigenvalue weighted by Gasteiger charge is -2.26. The molecule has 0 saturated carbocycles. The fourth-order valence-corrected chi connectivity index (χ4v) is 7.93. The van der Waals surface area contributed by atoms with Crippen LogP contribution in [0.1, 0.15) is 0 Å². The van der Waals surface area contributed by atoms with Gasteiger partial charge in [0.25, 0.3) is 0 Å². The Morgan fingerprint density at radius 2 is 0.923 bits per heavy atom. The molecule has 0 unspecified atom stereocenters. The van der Waals surface area contributed by atoms with Crippen molar-refractivity contribution in [3.8, 4) is 27.9 Å². The van der Waals surface area contributed by atoms with Gasteiger partial charge in [-0.1, -0.05) is 146 Å². The topological polar surface area (TPSA) is 8.17 Å².